The second kappa shape index (κ2) is 7.50. The summed E-state index contributed by atoms with van der Waals surface area (Å²) in [4.78, 5) is 5.36. The Morgan fingerprint density at radius 3 is 2.15 bits per heavy atom. The van der Waals surface area contributed by atoms with E-state index in [9.17, 15) is 5.11 Å². The molecule has 0 bridgehead atoms. The van der Waals surface area contributed by atoms with E-state index in [-0.39, 0.29) is 17.6 Å². The number of hydrogen-bond donors (Lipinski definition) is 1. The molecule has 2 aliphatic heterocycles. The van der Waals surface area contributed by atoms with E-state index in [4.69, 9.17) is 0 Å². The molecule has 148 valence electrons. The van der Waals surface area contributed by atoms with Crippen LogP contribution in [0.3, 0.4) is 0 Å². The van der Waals surface area contributed by atoms with Crippen molar-refractivity contribution in [1.29, 1.82) is 0 Å². The van der Waals surface area contributed by atoms with Gasteiger partial charge < -0.3 is 10.0 Å². The summed E-state index contributed by atoms with van der Waals surface area (Å²) in [5.41, 5.74) is 2.89. The largest absolute Gasteiger partial charge is 0.390 e. The maximum absolute atomic E-state index is 11.7. The minimum absolute atomic E-state index is 0.0112. The first-order valence-electron chi connectivity index (χ1n) is 11.6. The fourth-order valence-corrected chi connectivity index (χ4v) is 6.73. The number of aliphatic hydroxyl groups is 1. The molecule has 3 fully saturated rings. The second-order valence-electron chi connectivity index (χ2n) is 9.56. The van der Waals surface area contributed by atoms with E-state index < -0.39 is 0 Å². The van der Waals surface area contributed by atoms with Gasteiger partial charge in [0.05, 0.1) is 12.1 Å². The topological polar surface area (TPSA) is 26.7 Å². The molecule has 0 radical (unpaired) electrons. The Morgan fingerprint density at radius 1 is 0.778 bits per heavy atom. The molecule has 1 spiro atoms. The van der Waals surface area contributed by atoms with Gasteiger partial charge in [0.1, 0.15) is 0 Å². The first-order valence-corrected chi connectivity index (χ1v) is 11.6. The quantitative estimate of drug-likeness (QED) is 0.845. The highest BCUT2D eigenvalue weighted by Gasteiger charge is 2.54. The van der Waals surface area contributed by atoms with Crippen LogP contribution in [-0.4, -0.2) is 53.2 Å². The zero-order chi connectivity index (χ0) is 18.3. The number of benzene rings is 1. The Bertz CT molecular complexity index is 638. The van der Waals surface area contributed by atoms with Gasteiger partial charge in [0, 0.05) is 11.5 Å². The zero-order valence-corrected chi connectivity index (χ0v) is 16.8. The minimum Gasteiger partial charge on any atom is -0.390 e. The smallest absolute Gasteiger partial charge is 0.0834 e. The van der Waals surface area contributed by atoms with Gasteiger partial charge in [-0.05, 0) is 75.8 Å². The van der Waals surface area contributed by atoms with E-state index in [1.807, 2.05) is 0 Å². The number of aliphatic hydroxyl groups excluding tert-OH is 1. The van der Waals surface area contributed by atoms with Crippen molar-refractivity contribution in [2.45, 2.75) is 87.8 Å². The SMILES string of the molecule is O[C@H]1[C@H](N2CCCCCC2)c2ccccc2C12CCN(C1CCCC1)CC2. The number of fused-ring (bicyclic) bond motifs is 2. The fraction of sp³-hybridized carbons (Fsp3) is 0.750. The number of nitrogens with zero attached hydrogens (tertiary/aromatic N) is 2. The molecule has 5 rings (SSSR count). The number of piperidine rings is 1. The highest BCUT2D eigenvalue weighted by atomic mass is 16.3. The first kappa shape index (κ1) is 18.1. The zero-order valence-electron chi connectivity index (χ0n) is 16.8. The lowest BCUT2D eigenvalue weighted by molar-refractivity contribution is -0.0199. The molecule has 1 N–H and O–H groups in total. The molecular weight excluding hydrogens is 332 g/mol. The van der Waals surface area contributed by atoms with Gasteiger partial charge in [-0.2, -0.15) is 0 Å². The van der Waals surface area contributed by atoms with Crippen LogP contribution >= 0.6 is 0 Å². The molecule has 0 amide bonds. The predicted molar refractivity (Wildman–Crippen MR) is 110 cm³/mol. The van der Waals surface area contributed by atoms with Crippen LogP contribution in [-0.2, 0) is 5.41 Å². The lowest BCUT2D eigenvalue weighted by atomic mass is 9.71. The van der Waals surface area contributed by atoms with Crippen LogP contribution in [0.4, 0.5) is 0 Å². The highest BCUT2D eigenvalue weighted by molar-refractivity contribution is 5.45. The lowest BCUT2D eigenvalue weighted by Crippen LogP contribution is -2.51. The summed E-state index contributed by atoms with van der Waals surface area (Å²) in [6.45, 7) is 4.65. The van der Waals surface area contributed by atoms with Gasteiger partial charge in [0.15, 0.2) is 0 Å². The summed E-state index contributed by atoms with van der Waals surface area (Å²) in [6, 6.07) is 10.1. The molecule has 0 aromatic heterocycles. The Balaban J connectivity index is 1.41. The molecule has 2 atom stereocenters. The Morgan fingerprint density at radius 2 is 1.44 bits per heavy atom. The Hall–Kier alpha value is -0.900. The Labute approximate surface area is 164 Å². The normalized spacial score (nSPS) is 32.6. The van der Waals surface area contributed by atoms with Crippen molar-refractivity contribution in [3.05, 3.63) is 35.4 Å². The molecule has 4 aliphatic rings. The maximum Gasteiger partial charge on any atom is 0.0834 e. The third-order valence-electron chi connectivity index (χ3n) is 8.25. The number of rotatable bonds is 2. The maximum atomic E-state index is 11.7. The highest BCUT2D eigenvalue weighted by Crippen LogP contribution is 2.53. The first-order chi connectivity index (χ1) is 13.3. The molecular formula is C24H36N2O. The van der Waals surface area contributed by atoms with Gasteiger partial charge in [-0.1, -0.05) is 49.9 Å². The summed E-state index contributed by atoms with van der Waals surface area (Å²) in [5.74, 6) is 0. The number of hydrogen-bond acceptors (Lipinski definition) is 3. The predicted octanol–water partition coefficient (Wildman–Crippen LogP) is 4.25. The van der Waals surface area contributed by atoms with Gasteiger partial charge >= 0.3 is 0 Å². The van der Waals surface area contributed by atoms with Crippen molar-refractivity contribution in [1.82, 2.24) is 9.80 Å². The molecule has 2 saturated heterocycles. The van der Waals surface area contributed by atoms with E-state index >= 15 is 0 Å². The third-order valence-corrected chi connectivity index (χ3v) is 8.25. The van der Waals surface area contributed by atoms with Gasteiger partial charge in [0.25, 0.3) is 0 Å². The van der Waals surface area contributed by atoms with Gasteiger partial charge in [-0.25, -0.2) is 0 Å². The van der Waals surface area contributed by atoms with Crippen molar-refractivity contribution in [2.24, 2.45) is 0 Å². The molecule has 1 aromatic rings. The summed E-state index contributed by atoms with van der Waals surface area (Å²) in [7, 11) is 0. The summed E-state index contributed by atoms with van der Waals surface area (Å²) in [5, 5.41) is 11.7. The fourth-order valence-electron chi connectivity index (χ4n) is 6.73. The van der Waals surface area contributed by atoms with Crippen LogP contribution in [0.15, 0.2) is 24.3 Å². The van der Waals surface area contributed by atoms with Crippen LogP contribution in [0.25, 0.3) is 0 Å². The van der Waals surface area contributed by atoms with Crippen molar-refractivity contribution in [2.75, 3.05) is 26.2 Å². The summed E-state index contributed by atoms with van der Waals surface area (Å²) < 4.78 is 0. The van der Waals surface area contributed by atoms with Crippen molar-refractivity contribution < 1.29 is 5.11 Å². The van der Waals surface area contributed by atoms with Gasteiger partial charge in [0.2, 0.25) is 0 Å². The monoisotopic (exact) mass is 368 g/mol. The number of likely N-dealkylation sites (tertiary alicyclic amines) is 2. The van der Waals surface area contributed by atoms with Crippen molar-refractivity contribution in [3.63, 3.8) is 0 Å². The van der Waals surface area contributed by atoms with Crippen LogP contribution < -0.4 is 0 Å². The van der Waals surface area contributed by atoms with E-state index in [0.29, 0.717) is 0 Å². The molecule has 2 aliphatic carbocycles. The van der Waals surface area contributed by atoms with Crippen LogP contribution in [0.2, 0.25) is 0 Å². The third kappa shape index (κ3) is 3.07. The average Bonchev–Trinajstić information content (AvgIpc) is 3.22. The molecule has 0 unspecified atom stereocenters. The van der Waals surface area contributed by atoms with Crippen molar-refractivity contribution in [3.8, 4) is 0 Å². The van der Waals surface area contributed by atoms with Crippen molar-refractivity contribution >= 4 is 0 Å². The second-order valence-corrected chi connectivity index (χ2v) is 9.56. The molecule has 3 heteroatoms. The molecule has 2 heterocycles. The van der Waals surface area contributed by atoms with Crippen LogP contribution in [0.5, 0.6) is 0 Å². The van der Waals surface area contributed by atoms with E-state index in [2.05, 4.69) is 34.1 Å². The van der Waals surface area contributed by atoms with Gasteiger partial charge in [-0.15, -0.1) is 0 Å². The minimum atomic E-state index is -0.237. The molecule has 3 nitrogen and oxygen atoms in total. The average molecular weight is 369 g/mol. The van der Waals surface area contributed by atoms with E-state index in [1.165, 1.54) is 75.6 Å². The lowest BCUT2D eigenvalue weighted by Gasteiger charge is -2.45. The Kier molecular flexibility index (Phi) is 5.04. The standard InChI is InChI=1S/C24H36N2O/c27-23-22(26-15-7-1-2-8-16-26)20-11-5-6-12-21(20)24(23)13-17-25(18-14-24)19-9-3-4-10-19/h5-6,11-12,19,22-23,27H,1-4,7-10,13-18H2/t22-,23+/m1/s1. The summed E-state index contributed by atoms with van der Waals surface area (Å²) >= 11 is 0. The van der Waals surface area contributed by atoms with Crippen LogP contribution in [0.1, 0.15) is 81.4 Å². The summed E-state index contributed by atoms with van der Waals surface area (Å²) in [6.07, 6.45) is 12.9. The molecule has 27 heavy (non-hydrogen) atoms. The van der Waals surface area contributed by atoms with Crippen LogP contribution in [0, 0.1) is 0 Å². The van der Waals surface area contributed by atoms with Gasteiger partial charge in [-0.3, -0.25) is 4.90 Å². The van der Waals surface area contributed by atoms with E-state index in [1.54, 1.807) is 0 Å². The van der Waals surface area contributed by atoms with E-state index in [0.717, 1.165) is 32.0 Å². The molecule has 1 saturated carbocycles. The molecule has 1 aromatic carbocycles.